The number of nitrogens with zero attached hydrogens (tertiary/aromatic N) is 3. The van der Waals surface area contributed by atoms with Crippen molar-refractivity contribution in [3.63, 3.8) is 0 Å². The van der Waals surface area contributed by atoms with Crippen molar-refractivity contribution in [2.75, 3.05) is 36.1 Å². The molecule has 11 heteroatoms. The summed E-state index contributed by atoms with van der Waals surface area (Å²) in [5.41, 5.74) is 4.31. The lowest BCUT2D eigenvalue weighted by Crippen LogP contribution is -2.39. The van der Waals surface area contributed by atoms with Gasteiger partial charge < -0.3 is 4.90 Å². The van der Waals surface area contributed by atoms with Crippen LogP contribution in [0.4, 0.5) is 11.4 Å². The molecule has 0 spiro atoms. The second kappa shape index (κ2) is 9.80. The van der Waals surface area contributed by atoms with Crippen LogP contribution < -0.4 is 14.6 Å². The Morgan fingerprint density at radius 2 is 1.86 bits per heavy atom. The molecule has 29 heavy (non-hydrogen) atoms. The van der Waals surface area contributed by atoms with E-state index in [4.69, 9.17) is 23.2 Å². The Labute approximate surface area is 188 Å². The van der Waals surface area contributed by atoms with Crippen molar-refractivity contribution >= 4 is 72.7 Å². The SMILES string of the molecule is CN(C)c1ccc(/C=N\NC(=O)CN(c2ccc(Cl)c(Cl)c2)S(C)(=O)=O)cc1Br. The van der Waals surface area contributed by atoms with Crippen LogP contribution in [-0.2, 0) is 14.8 Å². The van der Waals surface area contributed by atoms with E-state index in [1.165, 1.54) is 24.4 Å². The molecule has 0 atom stereocenters. The zero-order chi connectivity index (χ0) is 21.8. The molecule has 0 aliphatic heterocycles. The zero-order valence-electron chi connectivity index (χ0n) is 15.9. The molecule has 2 aromatic rings. The van der Waals surface area contributed by atoms with Gasteiger partial charge in [0.05, 0.1) is 33.9 Å². The third-order valence-corrected chi connectivity index (χ3v) is 6.25. The number of hydrazone groups is 1. The van der Waals surface area contributed by atoms with Crippen molar-refractivity contribution in [2.24, 2.45) is 5.10 Å². The fraction of sp³-hybridized carbons (Fsp3) is 0.222. The van der Waals surface area contributed by atoms with Gasteiger partial charge in [0, 0.05) is 18.6 Å². The number of benzene rings is 2. The van der Waals surface area contributed by atoms with Crippen LogP contribution in [0.3, 0.4) is 0 Å². The molecule has 0 fully saturated rings. The molecule has 7 nitrogen and oxygen atoms in total. The Morgan fingerprint density at radius 1 is 1.17 bits per heavy atom. The van der Waals surface area contributed by atoms with E-state index >= 15 is 0 Å². The summed E-state index contributed by atoms with van der Waals surface area (Å²) >= 11 is 15.3. The number of carbonyl (C=O) groups is 1. The lowest BCUT2D eigenvalue weighted by atomic mass is 10.2. The van der Waals surface area contributed by atoms with Gasteiger partial charge in [0.25, 0.3) is 5.91 Å². The number of amides is 1. The quantitative estimate of drug-likeness (QED) is 0.444. The maximum absolute atomic E-state index is 12.2. The molecule has 2 rings (SSSR count). The average molecular weight is 522 g/mol. The number of hydrogen-bond donors (Lipinski definition) is 1. The number of sulfonamides is 1. The van der Waals surface area contributed by atoms with Crippen molar-refractivity contribution in [3.8, 4) is 0 Å². The highest BCUT2D eigenvalue weighted by atomic mass is 79.9. The summed E-state index contributed by atoms with van der Waals surface area (Å²) in [6, 6.07) is 9.91. The van der Waals surface area contributed by atoms with Gasteiger partial charge in [-0.05, 0) is 51.8 Å². The highest BCUT2D eigenvalue weighted by Gasteiger charge is 2.21. The average Bonchev–Trinajstić information content (AvgIpc) is 2.61. The summed E-state index contributed by atoms with van der Waals surface area (Å²) in [6.45, 7) is -0.461. The fourth-order valence-electron chi connectivity index (χ4n) is 2.35. The standard InChI is InChI=1S/C18H19BrCl2N4O3S/c1-24(2)17-7-4-12(8-14(17)19)10-22-23-18(26)11-25(29(3,27)28)13-5-6-15(20)16(21)9-13/h4-10H,11H2,1-3H3,(H,23,26)/b22-10-. The molecular weight excluding hydrogens is 503 g/mol. The molecule has 0 heterocycles. The minimum atomic E-state index is -3.73. The highest BCUT2D eigenvalue weighted by Crippen LogP contribution is 2.28. The summed E-state index contributed by atoms with van der Waals surface area (Å²) in [6.07, 6.45) is 2.46. The van der Waals surface area contributed by atoms with E-state index in [0.717, 1.165) is 26.3 Å². The van der Waals surface area contributed by atoms with E-state index in [1.54, 1.807) is 0 Å². The van der Waals surface area contributed by atoms with Crippen molar-refractivity contribution in [3.05, 3.63) is 56.5 Å². The molecule has 0 aliphatic rings. The van der Waals surface area contributed by atoms with E-state index in [1.807, 2.05) is 37.2 Å². The number of halogens is 3. The van der Waals surface area contributed by atoms with Crippen molar-refractivity contribution in [1.29, 1.82) is 0 Å². The first-order chi connectivity index (χ1) is 13.5. The van der Waals surface area contributed by atoms with Gasteiger partial charge >= 0.3 is 0 Å². The van der Waals surface area contributed by atoms with Crippen LogP contribution in [0.25, 0.3) is 0 Å². The lowest BCUT2D eigenvalue weighted by molar-refractivity contribution is -0.119. The number of hydrogen-bond acceptors (Lipinski definition) is 5. The minimum Gasteiger partial charge on any atom is -0.377 e. The molecule has 1 N–H and O–H groups in total. The predicted molar refractivity (Wildman–Crippen MR) is 123 cm³/mol. The van der Waals surface area contributed by atoms with E-state index < -0.39 is 22.5 Å². The molecular formula is C18H19BrCl2N4O3S. The first-order valence-corrected chi connectivity index (χ1v) is 11.6. The van der Waals surface area contributed by atoms with E-state index in [0.29, 0.717) is 0 Å². The lowest BCUT2D eigenvalue weighted by Gasteiger charge is -2.21. The topological polar surface area (TPSA) is 82.1 Å². The Kier molecular flexibility index (Phi) is 7.93. The van der Waals surface area contributed by atoms with Gasteiger partial charge in [0.15, 0.2) is 0 Å². The molecule has 0 aliphatic carbocycles. The van der Waals surface area contributed by atoms with Crippen molar-refractivity contribution in [1.82, 2.24) is 5.43 Å². The molecule has 1 amide bonds. The van der Waals surface area contributed by atoms with E-state index in [2.05, 4.69) is 26.5 Å². The molecule has 0 bridgehead atoms. The zero-order valence-corrected chi connectivity index (χ0v) is 19.8. The molecule has 0 unspecified atom stereocenters. The van der Waals surface area contributed by atoms with Crippen LogP contribution in [0.2, 0.25) is 10.0 Å². The summed E-state index contributed by atoms with van der Waals surface area (Å²) in [4.78, 5) is 14.2. The fourth-order valence-corrected chi connectivity index (χ4v) is 4.24. The first-order valence-electron chi connectivity index (χ1n) is 8.20. The smallest absolute Gasteiger partial charge is 0.260 e. The van der Waals surface area contributed by atoms with Gasteiger partial charge in [-0.2, -0.15) is 5.10 Å². The summed E-state index contributed by atoms with van der Waals surface area (Å²) in [7, 11) is 0.122. The van der Waals surface area contributed by atoms with Gasteiger partial charge in [-0.25, -0.2) is 13.8 Å². The van der Waals surface area contributed by atoms with Gasteiger partial charge in [-0.1, -0.05) is 29.3 Å². The second-order valence-electron chi connectivity index (χ2n) is 6.27. The molecule has 2 aromatic carbocycles. The van der Waals surface area contributed by atoms with Gasteiger partial charge in [0.1, 0.15) is 6.54 Å². The minimum absolute atomic E-state index is 0.183. The first kappa shape index (κ1) is 23.5. The summed E-state index contributed by atoms with van der Waals surface area (Å²) in [5.74, 6) is -0.610. The number of rotatable bonds is 7. The largest absolute Gasteiger partial charge is 0.377 e. The summed E-state index contributed by atoms with van der Waals surface area (Å²) < 4.78 is 26.0. The molecule has 0 radical (unpaired) electrons. The summed E-state index contributed by atoms with van der Waals surface area (Å²) in [5, 5.41) is 4.36. The van der Waals surface area contributed by atoms with Crippen LogP contribution in [0.1, 0.15) is 5.56 Å². The number of nitrogens with one attached hydrogen (secondary N) is 1. The number of carbonyl (C=O) groups excluding carboxylic acids is 1. The molecule has 156 valence electrons. The van der Waals surface area contributed by atoms with Crippen molar-refractivity contribution in [2.45, 2.75) is 0 Å². The van der Waals surface area contributed by atoms with E-state index in [9.17, 15) is 13.2 Å². The third kappa shape index (κ3) is 6.60. The molecule has 0 aromatic heterocycles. The Morgan fingerprint density at radius 3 is 2.41 bits per heavy atom. The molecule has 0 saturated carbocycles. The van der Waals surface area contributed by atoms with Crippen LogP contribution >= 0.6 is 39.1 Å². The Bertz CT molecular complexity index is 1050. The van der Waals surface area contributed by atoms with Crippen LogP contribution in [0, 0.1) is 0 Å². The maximum atomic E-state index is 12.2. The normalized spacial score (nSPS) is 11.5. The third-order valence-electron chi connectivity index (χ3n) is 3.74. The second-order valence-corrected chi connectivity index (χ2v) is 9.84. The highest BCUT2D eigenvalue weighted by molar-refractivity contribution is 9.10. The van der Waals surface area contributed by atoms with Crippen LogP contribution in [-0.4, -0.2) is 47.4 Å². The van der Waals surface area contributed by atoms with Crippen LogP contribution in [0.5, 0.6) is 0 Å². The monoisotopic (exact) mass is 520 g/mol. The van der Waals surface area contributed by atoms with Gasteiger partial charge in [-0.3, -0.25) is 9.10 Å². The Balaban J connectivity index is 2.10. The van der Waals surface area contributed by atoms with Crippen LogP contribution in [0.15, 0.2) is 46.0 Å². The van der Waals surface area contributed by atoms with Gasteiger partial charge in [-0.15, -0.1) is 0 Å². The van der Waals surface area contributed by atoms with E-state index in [-0.39, 0.29) is 15.7 Å². The van der Waals surface area contributed by atoms with Crippen molar-refractivity contribution < 1.29 is 13.2 Å². The Hall–Kier alpha value is -1.81. The molecule has 0 saturated heterocycles. The number of anilines is 2. The maximum Gasteiger partial charge on any atom is 0.260 e. The predicted octanol–water partition coefficient (Wildman–Crippen LogP) is 3.74. The van der Waals surface area contributed by atoms with Gasteiger partial charge in [0.2, 0.25) is 10.0 Å².